The van der Waals surface area contributed by atoms with E-state index in [0.29, 0.717) is 0 Å². The van der Waals surface area contributed by atoms with Crippen LogP contribution in [-0.2, 0) is 9.53 Å². The summed E-state index contributed by atoms with van der Waals surface area (Å²) in [6.07, 6.45) is 0.180. The van der Waals surface area contributed by atoms with Gasteiger partial charge in [0.2, 0.25) is 5.70 Å². The first-order chi connectivity index (χ1) is 5.67. The third-order valence-electron chi connectivity index (χ3n) is 1.17. The van der Waals surface area contributed by atoms with Gasteiger partial charge in [0.05, 0.1) is 6.61 Å². The number of aliphatic hydroxyl groups is 1. The number of nitrogens with zero attached hydrogens (tertiary/aromatic N) is 1. The van der Waals surface area contributed by atoms with Crippen LogP contribution >= 0.6 is 0 Å². The van der Waals surface area contributed by atoms with Crippen LogP contribution in [0.5, 0.6) is 0 Å². The average Bonchev–Trinajstić information content (AvgIpc) is 2.06. The molecule has 5 nitrogen and oxygen atoms in total. The minimum atomic E-state index is -0.883. The van der Waals surface area contributed by atoms with E-state index in [2.05, 4.69) is 9.91 Å². The van der Waals surface area contributed by atoms with Gasteiger partial charge in [-0.3, -0.25) is 0 Å². The summed E-state index contributed by atoms with van der Waals surface area (Å²) in [6, 6.07) is 0. The second-order valence-corrected chi connectivity index (χ2v) is 1.96. The van der Waals surface area contributed by atoms with Crippen LogP contribution in [0.15, 0.2) is 16.6 Å². The molecular weight excluding hydrogens is 162 g/mol. The summed E-state index contributed by atoms with van der Waals surface area (Å²) in [6.45, 7) is 3.35. The highest BCUT2D eigenvalue weighted by Gasteiger charge is 2.15. The number of hydrogen-bond acceptors (Lipinski definition) is 5. The van der Waals surface area contributed by atoms with Crippen LogP contribution in [0.3, 0.4) is 0 Å². The summed E-state index contributed by atoms with van der Waals surface area (Å²) in [7, 11) is 0. The maximum atomic E-state index is 10.8. The van der Waals surface area contributed by atoms with Gasteiger partial charge in [-0.2, -0.15) is 0 Å². The van der Waals surface area contributed by atoms with Crippen molar-refractivity contribution >= 4 is 5.97 Å². The number of aliphatic hydroxyl groups excluding tert-OH is 1. The lowest BCUT2D eigenvalue weighted by Crippen LogP contribution is -2.08. The zero-order valence-corrected chi connectivity index (χ0v) is 7.03. The third kappa shape index (κ3) is 2.69. The molecule has 0 atom stereocenters. The van der Waals surface area contributed by atoms with Crippen molar-refractivity contribution in [1.29, 1.82) is 0 Å². The van der Waals surface area contributed by atoms with E-state index in [1.165, 1.54) is 0 Å². The predicted octanol–water partition coefficient (Wildman–Crippen LogP) is 1.50. The second-order valence-electron chi connectivity index (χ2n) is 1.96. The number of esters is 1. The monoisotopic (exact) mass is 173 g/mol. The molecule has 0 bridgehead atoms. The van der Waals surface area contributed by atoms with Gasteiger partial charge in [0.15, 0.2) is 0 Å². The van der Waals surface area contributed by atoms with Crippen LogP contribution in [-0.4, -0.2) is 17.7 Å². The Hall–Kier alpha value is -1.39. The molecule has 0 aliphatic carbocycles. The molecule has 0 aliphatic rings. The highest BCUT2D eigenvalue weighted by molar-refractivity contribution is 5.88. The van der Waals surface area contributed by atoms with Crippen LogP contribution in [0.4, 0.5) is 0 Å². The Bertz CT molecular complexity index is 209. The van der Waals surface area contributed by atoms with Gasteiger partial charge in [-0.05, 0) is 12.1 Å². The highest BCUT2D eigenvalue weighted by Crippen LogP contribution is 2.08. The number of carbonyl (C=O) groups excluding carboxylic acids is 1. The van der Waals surface area contributed by atoms with Crippen molar-refractivity contribution in [3.8, 4) is 0 Å². The van der Waals surface area contributed by atoms with Crippen molar-refractivity contribution < 1.29 is 14.6 Å². The van der Waals surface area contributed by atoms with Crippen LogP contribution in [0, 0.1) is 4.91 Å². The fourth-order valence-corrected chi connectivity index (χ4v) is 0.575. The normalized spacial score (nSPS) is 11.8. The molecule has 12 heavy (non-hydrogen) atoms. The molecule has 0 amide bonds. The second kappa shape index (κ2) is 5.29. The molecule has 0 spiro atoms. The molecule has 0 saturated carbocycles. The van der Waals surface area contributed by atoms with Crippen LogP contribution < -0.4 is 0 Å². The lowest BCUT2D eigenvalue weighted by atomic mass is 10.3. The average molecular weight is 173 g/mol. The summed E-state index contributed by atoms with van der Waals surface area (Å²) in [4.78, 5) is 20.9. The summed E-state index contributed by atoms with van der Waals surface area (Å²) in [5.74, 6) is -1.23. The van der Waals surface area contributed by atoms with Gasteiger partial charge in [0.1, 0.15) is 5.76 Å². The first-order valence-electron chi connectivity index (χ1n) is 3.59. The van der Waals surface area contributed by atoms with Gasteiger partial charge >= 0.3 is 5.97 Å². The molecule has 68 valence electrons. The molecule has 0 rings (SSSR count). The molecule has 0 aromatic heterocycles. The zero-order chi connectivity index (χ0) is 9.56. The largest absolute Gasteiger partial charge is 0.510 e. The molecule has 0 unspecified atom stereocenters. The SMILES string of the molecule is CCOC(=O)C(N=O)=C(O)CC. The molecule has 0 aromatic rings. The smallest absolute Gasteiger partial charge is 0.364 e. The first-order valence-corrected chi connectivity index (χ1v) is 3.59. The molecular formula is C7H11NO4. The van der Waals surface area contributed by atoms with E-state index in [4.69, 9.17) is 5.11 Å². The van der Waals surface area contributed by atoms with Crippen LogP contribution in [0.2, 0.25) is 0 Å². The Balaban J connectivity index is 4.55. The topological polar surface area (TPSA) is 76.0 Å². The van der Waals surface area contributed by atoms with Crippen molar-refractivity contribution in [2.24, 2.45) is 5.18 Å². The molecule has 0 fully saturated rings. The Morgan fingerprint density at radius 3 is 2.42 bits per heavy atom. The van der Waals surface area contributed by atoms with E-state index in [9.17, 15) is 9.70 Å². The fourth-order valence-electron chi connectivity index (χ4n) is 0.575. The van der Waals surface area contributed by atoms with Gasteiger partial charge in [-0.25, -0.2) is 4.79 Å². The minimum absolute atomic E-state index is 0.148. The zero-order valence-electron chi connectivity index (χ0n) is 7.03. The minimum Gasteiger partial charge on any atom is -0.510 e. The highest BCUT2D eigenvalue weighted by atomic mass is 16.5. The lowest BCUT2D eigenvalue weighted by Gasteiger charge is -2.00. The van der Waals surface area contributed by atoms with Crippen LogP contribution in [0.1, 0.15) is 20.3 Å². The van der Waals surface area contributed by atoms with Crippen molar-refractivity contribution in [2.45, 2.75) is 20.3 Å². The van der Waals surface area contributed by atoms with Gasteiger partial charge in [0, 0.05) is 6.42 Å². The van der Waals surface area contributed by atoms with Gasteiger partial charge < -0.3 is 9.84 Å². The Kier molecular flexibility index (Phi) is 4.67. The number of rotatable bonds is 4. The summed E-state index contributed by atoms with van der Waals surface area (Å²) < 4.78 is 4.47. The van der Waals surface area contributed by atoms with Gasteiger partial charge in [-0.15, -0.1) is 4.91 Å². The van der Waals surface area contributed by atoms with Crippen molar-refractivity contribution in [2.75, 3.05) is 6.61 Å². The molecule has 0 saturated heterocycles. The fraction of sp³-hybridized carbons (Fsp3) is 0.571. The molecule has 0 aromatic carbocycles. The van der Waals surface area contributed by atoms with E-state index >= 15 is 0 Å². The quantitative estimate of drug-likeness (QED) is 0.302. The Morgan fingerprint density at radius 1 is 1.50 bits per heavy atom. The molecule has 0 radical (unpaired) electrons. The summed E-state index contributed by atoms with van der Waals surface area (Å²) >= 11 is 0. The predicted molar refractivity (Wildman–Crippen MR) is 42.4 cm³/mol. The number of allylic oxidation sites excluding steroid dienone is 1. The molecule has 0 heterocycles. The van der Waals surface area contributed by atoms with E-state index in [1.807, 2.05) is 0 Å². The van der Waals surface area contributed by atoms with E-state index < -0.39 is 11.7 Å². The number of hydrogen-bond donors (Lipinski definition) is 1. The van der Waals surface area contributed by atoms with E-state index in [0.717, 1.165) is 0 Å². The van der Waals surface area contributed by atoms with E-state index in [1.54, 1.807) is 13.8 Å². The van der Waals surface area contributed by atoms with Gasteiger partial charge in [0.25, 0.3) is 0 Å². The lowest BCUT2D eigenvalue weighted by molar-refractivity contribution is -0.138. The molecule has 5 heteroatoms. The van der Waals surface area contributed by atoms with E-state index in [-0.39, 0.29) is 18.8 Å². The first kappa shape index (κ1) is 10.6. The number of nitroso groups, excluding NO2 is 1. The third-order valence-corrected chi connectivity index (χ3v) is 1.17. The summed E-state index contributed by atoms with van der Waals surface area (Å²) in [5.41, 5.74) is -0.542. The Morgan fingerprint density at radius 2 is 2.08 bits per heavy atom. The maximum Gasteiger partial charge on any atom is 0.364 e. The molecule has 0 aliphatic heterocycles. The number of carbonyl (C=O) groups is 1. The Labute approximate surface area is 70.0 Å². The maximum absolute atomic E-state index is 10.8. The number of ether oxygens (including phenoxy) is 1. The molecule has 1 N–H and O–H groups in total. The summed E-state index contributed by atoms with van der Waals surface area (Å²) in [5, 5.41) is 11.4. The van der Waals surface area contributed by atoms with Crippen molar-refractivity contribution in [3.05, 3.63) is 16.4 Å². The standard InChI is InChI=1S/C7H11NO4/c1-3-5(9)6(8-11)7(10)12-4-2/h9H,3-4H2,1-2H3. The van der Waals surface area contributed by atoms with Crippen molar-refractivity contribution in [3.63, 3.8) is 0 Å². The van der Waals surface area contributed by atoms with Crippen molar-refractivity contribution in [1.82, 2.24) is 0 Å². The van der Waals surface area contributed by atoms with Crippen LogP contribution in [0.25, 0.3) is 0 Å². The van der Waals surface area contributed by atoms with Gasteiger partial charge in [-0.1, -0.05) is 6.92 Å².